The monoisotopic (exact) mass is 185 g/mol. The van der Waals surface area contributed by atoms with E-state index in [0.717, 1.165) is 6.08 Å². The first-order chi connectivity index (χ1) is 6.08. The molecule has 0 aliphatic carbocycles. The molecule has 0 radical (unpaired) electrons. The summed E-state index contributed by atoms with van der Waals surface area (Å²) >= 11 is 0. The van der Waals surface area contributed by atoms with Gasteiger partial charge in [-0.3, -0.25) is 4.79 Å². The van der Waals surface area contributed by atoms with E-state index in [0.29, 0.717) is 6.61 Å². The van der Waals surface area contributed by atoms with Crippen molar-refractivity contribution >= 4 is 11.9 Å². The van der Waals surface area contributed by atoms with Crippen LogP contribution in [0.2, 0.25) is 0 Å². The highest BCUT2D eigenvalue weighted by Crippen LogP contribution is 1.81. The van der Waals surface area contributed by atoms with E-state index < -0.39 is 11.9 Å². The largest absolute Gasteiger partial charge is 0.478 e. The summed E-state index contributed by atoms with van der Waals surface area (Å²) < 4.78 is 4.42. The number of hydrogen-bond donors (Lipinski definition) is 1. The average Bonchev–Trinajstić information content (AvgIpc) is 2.06. The van der Waals surface area contributed by atoms with Crippen LogP contribution in [0.4, 0.5) is 0 Å². The molecule has 0 atom stereocenters. The Kier molecular flexibility index (Phi) is 10.7. The fourth-order valence-electron chi connectivity index (χ4n) is 0.277. The highest BCUT2D eigenvalue weighted by Gasteiger charge is 1.95. The zero-order valence-electron chi connectivity index (χ0n) is 7.32. The number of esters is 1. The number of ether oxygens (including phenoxy) is 1. The third kappa shape index (κ3) is 17.8. The Morgan fingerprint density at radius 1 is 1.69 bits per heavy atom. The van der Waals surface area contributed by atoms with Gasteiger partial charge in [0.25, 0.3) is 0 Å². The summed E-state index contributed by atoms with van der Waals surface area (Å²) in [5.74, 6) is -1.43. The first-order valence-corrected chi connectivity index (χ1v) is 3.46. The maximum atomic E-state index is 10.2. The molecule has 0 rings (SSSR count). The summed E-state index contributed by atoms with van der Waals surface area (Å²) in [4.78, 5) is 19.4. The molecule has 13 heavy (non-hydrogen) atoms. The second-order valence-electron chi connectivity index (χ2n) is 1.68. The van der Waals surface area contributed by atoms with Crippen LogP contribution in [0.25, 0.3) is 0 Å². The molecule has 0 aliphatic rings. The molecule has 0 heterocycles. The molecule has 0 amide bonds. The standard InChI is InChI=1S/C5H7NO2.C3H4O2/c1-2-8-5(7)3-4-6;1-2-3(4)5/h2-3H2,1H3;2H,1H2,(H,4,5). The minimum Gasteiger partial charge on any atom is -0.478 e. The summed E-state index contributed by atoms with van der Waals surface area (Å²) in [5, 5.41) is 15.5. The SMILES string of the molecule is C=CC(=O)O.CCOC(=O)CC#N. The summed E-state index contributed by atoms with van der Waals surface area (Å²) in [6.45, 7) is 5.01. The first kappa shape index (κ1) is 13.7. The lowest BCUT2D eigenvalue weighted by atomic mass is 10.5. The normalized spacial score (nSPS) is 7.08. The fourth-order valence-corrected chi connectivity index (χ4v) is 0.277. The molecule has 72 valence electrons. The number of rotatable bonds is 3. The summed E-state index contributed by atoms with van der Waals surface area (Å²) in [6, 6.07) is 1.68. The maximum absolute atomic E-state index is 10.2. The summed E-state index contributed by atoms with van der Waals surface area (Å²) in [5.41, 5.74) is 0. The average molecular weight is 185 g/mol. The topological polar surface area (TPSA) is 87.4 Å². The number of nitriles is 1. The first-order valence-electron chi connectivity index (χ1n) is 3.46. The third-order valence-corrected chi connectivity index (χ3v) is 0.703. The van der Waals surface area contributed by atoms with E-state index in [1.807, 2.05) is 0 Å². The predicted octanol–water partition coefficient (Wildman–Crippen LogP) is 0.720. The van der Waals surface area contributed by atoms with Crippen molar-refractivity contribution in [2.24, 2.45) is 0 Å². The van der Waals surface area contributed by atoms with Gasteiger partial charge in [-0.1, -0.05) is 6.58 Å². The van der Waals surface area contributed by atoms with Crippen molar-refractivity contribution in [2.75, 3.05) is 6.61 Å². The van der Waals surface area contributed by atoms with Gasteiger partial charge in [0.1, 0.15) is 6.42 Å². The van der Waals surface area contributed by atoms with Crippen LogP contribution in [0, 0.1) is 11.3 Å². The Hall–Kier alpha value is -1.83. The molecule has 0 aliphatic heterocycles. The van der Waals surface area contributed by atoms with E-state index in [4.69, 9.17) is 10.4 Å². The molecular formula is C8H11NO4. The van der Waals surface area contributed by atoms with Crippen molar-refractivity contribution < 1.29 is 19.4 Å². The van der Waals surface area contributed by atoms with Crippen molar-refractivity contribution in [3.63, 3.8) is 0 Å². The number of nitrogens with zero attached hydrogens (tertiary/aromatic N) is 1. The number of hydrogen-bond acceptors (Lipinski definition) is 4. The highest BCUT2D eigenvalue weighted by atomic mass is 16.5. The number of carboxylic acid groups (broad SMARTS) is 1. The van der Waals surface area contributed by atoms with Crippen LogP contribution < -0.4 is 0 Å². The molecule has 0 unspecified atom stereocenters. The highest BCUT2D eigenvalue weighted by molar-refractivity contribution is 5.78. The minimum atomic E-state index is -0.981. The van der Waals surface area contributed by atoms with Crippen LogP contribution in [0.1, 0.15) is 13.3 Å². The molecule has 5 heteroatoms. The number of carboxylic acids is 1. The van der Waals surface area contributed by atoms with Gasteiger partial charge in [-0.25, -0.2) is 4.79 Å². The zero-order valence-corrected chi connectivity index (χ0v) is 7.32. The van der Waals surface area contributed by atoms with Gasteiger partial charge in [-0.2, -0.15) is 5.26 Å². The van der Waals surface area contributed by atoms with Crippen molar-refractivity contribution in [3.8, 4) is 6.07 Å². The number of carbonyl (C=O) groups is 2. The summed E-state index contributed by atoms with van der Waals surface area (Å²) in [7, 11) is 0. The smallest absolute Gasteiger partial charge is 0.327 e. The number of aliphatic carboxylic acids is 1. The van der Waals surface area contributed by atoms with Crippen LogP contribution in [-0.4, -0.2) is 23.7 Å². The lowest BCUT2D eigenvalue weighted by molar-refractivity contribution is -0.141. The Labute approximate surface area is 76.2 Å². The molecule has 0 bridgehead atoms. The molecule has 0 saturated carbocycles. The molecule has 0 saturated heterocycles. The fraction of sp³-hybridized carbons (Fsp3) is 0.375. The lowest BCUT2D eigenvalue weighted by Gasteiger charge is -1.92. The van der Waals surface area contributed by atoms with E-state index >= 15 is 0 Å². The molecule has 0 spiro atoms. The van der Waals surface area contributed by atoms with Crippen LogP contribution >= 0.6 is 0 Å². The molecular weight excluding hydrogens is 174 g/mol. The second-order valence-corrected chi connectivity index (χ2v) is 1.68. The van der Waals surface area contributed by atoms with Crippen molar-refractivity contribution in [1.82, 2.24) is 0 Å². The van der Waals surface area contributed by atoms with Gasteiger partial charge in [-0.15, -0.1) is 0 Å². The minimum absolute atomic E-state index is 0.145. The Bertz CT molecular complexity index is 217. The van der Waals surface area contributed by atoms with Gasteiger partial charge in [-0.05, 0) is 6.92 Å². The van der Waals surface area contributed by atoms with Gasteiger partial charge >= 0.3 is 11.9 Å². The molecule has 0 aromatic carbocycles. The van der Waals surface area contributed by atoms with Crippen molar-refractivity contribution in [3.05, 3.63) is 12.7 Å². The van der Waals surface area contributed by atoms with Gasteiger partial charge in [0, 0.05) is 6.08 Å². The third-order valence-electron chi connectivity index (χ3n) is 0.703. The van der Waals surface area contributed by atoms with E-state index in [2.05, 4.69) is 11.3 Å². The molecule has 5 nitrogen and oxygen atoms in total. The Balaban J connectivity index is 0. The van der Waals surface area contributed by atoms with E-state index in [-0.39, 0.29) is 6.42 Å². The van der Waals surface area contributed by atoms with Gasteiger partial charge in [0.15, 0.2) is 0 Å². The number of carbonyl (C=O) groups excluding carboxylic acids is 1. The summed E-state index contributed by atoms with van der Waals surface area (Å²) in [6.07, 6.45) is 0.688. The van der Waals surface area contributed by atoms with Gasteiger partial charge in [0.2, 0.25) is 0 Å². The second kappa shape index (κ2) is 10.2. The van der Waals surface area contributed by atoms with E-state index in [1.165, 1.54) is 0 Å². The predicted molar refractivity (Wildman–Crippen MR) is 44.7 cm³/mol. The van der Waals surface area contributed by atoms with Crippen LogP contribution in [-0.2, 0) is 14.3 Å². The molecule has 0 aromatic heterocycles. The maximum Gasteiger partial charge on any atom is 0.327 e. The van der Waals surface area contributed by atoms with Crippen LogP contribution in [0.15, 0.2) is 12.7 Å². The van der Waals surface area contributed by atoms with Gasteiger partial charge in [0.05, 0.1) is 12.7 Å². The quantitative estimate of drug-likeness (QED) is 0.517. The van der Waals surface area contributed by atoms with Crippen molar-refractivity contribution in [2.45, 2.75) is 13.3 Å². The molecule has 1 N–H and O–H groups in total. The lowest BCUT2D eigenvalue weighted by Crippen LogP contribution is -2.01. The van der Waals surface area contributed by atoms with Gasteiger partial charge < -0.3 is 9.84 Å². The van der Waals surface area contributed by atoms with Crippen LogP contribution in [0.3, 0.4) is 0 Å². The molecule has 0 aromatic rings. The van der Waals surface area contributed by atoms with Crippen molar-refractivity contribution in [1.29, 1.82) is 5.26 Å². The van der Waals surface area contributed by atoms with E-state index in [9.17, 15) is 9.59 Å². The molecule has 0 fully saturated rings. The van der Waals surface area contributed by atoms with E-state index in [1.54, 1.807) is 13.0 Å². The zero-order chi connectivity index (χ0) is 10.7. The Morgan fingerprint density at radius 3 is 2.38 bits per heavy atom. The van der Waals surface area contributed by atoms with Crippen LogP contribution in [0.5, 0.6) is 0 Å². The Morgan fingerprint density at radius 2 is 2.15 bits per heavy atom.